The van der Waals surface area contributed by atoms with Gasteiger partial charge in [0.1, 0.15) is 6.29 Å². The second-order valence-electron chi connectivity index (χ2n) is 3.62. The number of nitrogens with zero attached hydrogens (tertiary/aromatic N) is 2. The summed E-state index contributed by atoms with van der Waals surface area (Å²) in [5.74, 6) is 0. The summed E-state index contributed by atoms with van der Waals surface area (Å²) >= 11 is 0. The van der Waals surface area contributed by atoms with Gasteiger partial charge in [-0.25, -0.2) is 4.98 Å². The fourth-order valence-electron chi connectivity index (χ4n) is 1.51. The zero-order valence-corrected chi connectivity index (χ0v) is 9.68. The zero-order chi connectivity index (χ0) is 12.3. The largest absolute Gasteiger partial charge is 0.467 e. The summed E-state index contributed by atoms with van der Waals surface area (Å²) in [5.41, 5.74) is 3.20. The molecule has 0 N–H and O–H groups in total. The first-order valence-electron chi connectivity index (χ1n) is 5.18. The lowest BCUT2D eigenvalue weighted by Gasteiger charge is -2.04. The van der Waals surface area contributed by atoms with E-state index in [1.54, 1.807) is 12.1 Å². The molecule has 1 aromatic carbocycles. The van der Waals surface area contributed by atoms with Crippen LogP contribution in [-0.2, 0) is 0 Å². The van der Waals surface area contributed by atoms with E-state index in [0.717, 1.165) is 23.2 Å². The molecular formula is C13H12N2O2. The summed E-state index contributed by atoms with van der Waals surface area (Å²) in [6.45, 7) is 1.88. The minimum absolute atomic E-state index is 0.347. The van der Waals surface area contributed by atoms with Crippen LogP contribution in [0.25, 0.3) is 11.3 Å². The second-order valence-corrected chi connectivity index (χ2v) is 3.62. The number of hydrogen-bond acceptors (Lipinski definition) is 4. The van der Waals surface area contributed by atoms with Gasteiger partial charge in [-0.15, -0.1) is 0 Å². The molecule has 0 aliphatic rings. The number of benzene rings is 1. The molecule has 0 saturated heterocycles. The molecule has 0 saturated carbocycles. The van der Waals surface area contributed by atoms with Crippen LogP contribution in [0.3, 0.4) is 0 Å². The molecule has 0 amide bonds. The molecule has 4 nitrogen and oxygen atoms in total. The van der Waals surface area contributed by atoms with E-state index in [4.69, 9.17) is 4.74 Å². The third-order valence-electron chi connectivity index (χ3n) is 2.36. The van der Waals surface area contributed by atoms with Crippen molar-refractivity contribution >= 4 is 6.29 Å². The van der Waals surface area contributed by atoms with Crippen LogP contribution >= 0.6 is 0 Å². The molecule has 0 spiro atoms. The average molecular weight is 228 g/mol. The summed E-state index contributed by atoms with van der Waals surface area (Å²) in [7, 11) is 1.54. The summed E-state index contributed by atoms with van der Waals surface area (Å²) in [5, 5.41) is 0. The Morgan fingerprint density at radius 3 is 2.47 bits per heavy atom. The van der Waals surface area contributed by atoms with E-state index in [9.17, 15) is 4.79 Å². The van der Waals surface area contributed by atoms with Gasteiger partial charge in [-0.1, -0.05) is 24.3 Å². The molecular weight excluding hydrogens is 216 g/mol. The Labute approximate surface area is 99.3 Å². The number of aryl methyl sites for hydroxylation is 1. The number of aldehydes is 1. The maximum absolute atomic E-state index is 10.6. The van der Waals surface area contributed by atoms with Crippen molar-refractivity contribution in [1.29, 1.82) is 0 Å². The first-order chi connectivity index (χ1) is 8.22. The van der Waals surface area contributed by atoms with Crippen molar-refractivity contribution in [3.8, 4) is 17.3 Å². The Balaban J connectivity index is 2.44. The fraction of sp³-hybridized carbons (Fsp3) is 0.154. The van der Waals surface area contributed by atoms with Crippen LogP contribution in [0.2, 0.25) is 0 Å². The number of hydrogen-bond donors (Lipinski definition) is 0. The molecule has 1 heterocycles. The molecule has 2 aromatic rings. The maximum Gasteiger partial charge on any atom is 0.316 e. The van der Waals surface area contributed by atoms with Crippen molar-refractivity contribution in [2.45, 2.75) is 6.92 Å². The van der Waals surface area contributed by atoms with Gasteiger partial charge in [0.25, 0.3) is 0 Å². The standard InChI is InChI=1S/C13H12N2O2/c1-9-7-12(15-13(14-9)17-2)11-5-3-10(8-16)4-6-11/h3-8H,1-2H3. The predicted octanol–water partition coefficient (Wildman–Crippen LogP) is 2.27. The number of aromatic nitrogens is 2. The molecule has 0 fully saturated rings. The smallest absolute Gasteiger partial charge is 0.316 e. The number of methoxy groups -OCH3 is 1. The van der Waals surface area contributed by atoms with Gasteiger partial charge in [0.15, 0.2) is 0 Å². The predicted molar refractivity (Wildman–Crippen MR) is 64.1 cm³/mol. The quantitative estimate of drug-likeness (QED) is 0.756. The monoisotopic (exact) mass is 228 g/mol. The Kier molecular flexibility index (Phi) is 3.14. The van der Waals surface area contributed by atoms with Crippen molar-refractivity contribution < 1.29 is 9.53 Å². The Hall–Kier alpha value is -2.23. The van der Waals surface area contributed by atoms with E-state index >= 15 is 0 Å². The molecule has 86 valence electrons. The van der Waals surface area contributed by atoms with Gasteiger partial charge >= 0.3 is 6.01 Å². The van der Waals surface area contributed by atoms with Crippen LogP contribution in [0.1, 0.15) is 16.1 Å². The Morgan fingerprint density at radius 2 is 1.88 bits per heavy atom. The van der Waals surface area contributed by atoms with E-state index in [1.165, 1.54) is 7.11 Å². The van der Waals surface area contributed by atoms with Crippen molar-refractivity contribution in [1.82, 2.24) is 9.97 Å². The lowest BCUT2D eigenvalue weighted by atomic mass is 10.1. The van der Waals surface area contributed by atoms with E-state index in [-0.39, 0.29) is 0 Å². The first kappa shape index (κ1) is 11.3. The van der Waals surface area contributed by atoms with E-state index in [0.29, 0.717) is 11.6 Å². The number of carbonyl (C=O) groups is 1. The zero-order valence-electron chi connectivity index (χ0n) is 9.68. The molecule has 0 bridgehead atoms. The minimum Gasteiger partial charge on any atom is -0.467 e. The van der Waals surface area contributed by atoms with Gasteiger partial charge in [-0.2, -0.15) is 4.98 Å². The normalized spacial score (nSPS) is 10.0. The molecule has 4 heteroatoms. The van der Waals surface area contributed by atoms with E-state index in [2.05, 4.69) is 9.97 Å². The molecule has 0 aliphatic carbocycles. The van der Waals surface area contributed by atoms with Gasteiger partial charge < -0.3 is 4.74 Å². The third kappa shape index (κ3) is 2.47. The number of carbonyl (C=O) groups excluding carboxylic acids is 1. The summed E-state index contributed by atoms with van der Waals surface area (Å²) < 4.78 is 5.02. The van der Waals surface area contributed by atoms with E-state index < -0.39 is 0 Å². The molecule has 1 aromatic heterocycles. The summed E-state index contributed by atoms with van der Waals surface area (Å²) in [4.78, 5) is 18.9. The summed E-state index contributed by atoms with van der Waals surface area (Å²) in [6.07, 6.45) is 0.815. The minimum atomic E-state index is 0.347. The molecule has 0 aliphatic heterocycles. The third-order valence-corrected chi connectivity index (χ3v) is 2.36. The van der Waals surface area contributed by atoms with Gasteiger partial charge in [0, 0.05) is 16.8 Å². The topological polar surface area (TPSA) is 52.1 Å². The van der Waals surface area contributed by atoms with Gasteiger partial charge in [0.05, 0.1) is 12.8 Å². The second kappa shape index (κ2) is 4.74. The number of ether oxygens (including phenoxy) is 1. The highest BCUT2D eigenvalue weighted by Crippen LogP contribution is 2.20. The van der Waals surface area contributed by atoms with Crippen LogP contribution in [0.5, 0.6) is 6.01 Å². The lowest BCUT2D eigenvalue weighted by Crippen LogP contribution is -1.96. The van der Waals surface area contributed by atoms with Crippen molar-refractivity contribution in [2.24, 2.45) is 0 Å². The SMILES string of the molecule is COc1nc(C)cc(-c2ccc(C=O)cc2)n1. The number of rotatable bonds is 3. The average Bonchev–Trinajstić information content (AvgIpc) is 2.38. The van der Waals surface area contributed by atoms with Crippen LogP contribution in [0.15, 0.2) is 30.3 Å². The molecule has 0 radical (unpaired) electrons. The van der Waals surface area contributed by atoms with Crippen molar-refractivity contribution in [3.05, 3.63) is 41.6 Å². The summed E-state index contributed by atoms with van der Waals surface area (Å²) in [6, 6.07) is 9.44. The van der Waals surface area contributed by atoms with Crippen LogP contribution < -0.4 is 4.74 Å². The maximum atomic E-state index is 10.6. The highest BCUT2D eigenvalue weighted by atomic mass is 16.5. The van der Waals surface area contributed by atoms with Crippen molar-refractivity contribution in [3.63, 3.8) is 0 Å². The molecule has 17 heavy (non-hydrogen) atoms. The van der Waals surface area contributed by atoms with Crippen LogP contribution in [0, 0.1) is 6.92 Å². The highest BCUT2D eigenvalue weighted by Gasteiger charge is 2.04. The Morgan fingerprint density at radius 1 is 1.18 bits per heavy atom. The van der Waals surface area contributed by atoms with Gasteiger partial charge in [-0.3, -0.25) is 4.79 Å². The molecule has 2 rings (SSSR count). The van der Waals surface area contributed by atoms with Gasteiger partial charge in [0.2, 0.25) is 0 Å². The first-order valence-corrected chi connectivity index (χ1v) is 5.18. The van der Waals surface area contributed by atoms with E-state index in [1.807, 2.05) is 25.1 Å². The van der Waals surface area contributed by atoms with Crippen LogP contribution in [-0.4, -0.2) is 23.4 Å². The molecule has 0 unspecified atom stereocenters. The Bertz CT molecular complexity index is 536. The van der Waals surface area contributed by atoms with Gasteiger partial charge in [-0.05, 0) is 13.0 Å². The highest BCUT2D eigenvalue weighted by molar-refractivity contribution is 5.76. The van der Waals surface area contributed by atoms with Crippen molar-refractivity contribution in [2.75, 3.05) is 7.11 Å². The molecule has 0 atom stereocenters. The lowest BCUT2D eigenvalue weighted by molar-refractivity contribution is 0.112. The van der Waals surface area contributed by atoms with Crippen LogP contribution in [0.4, 0.5) is 0 Å². The fourth-order valence-corrected chi connectivity index (χ4v) is 1.51.